The van der Waals surface area contributed by atoms with Crippen molar-refractivity contribution in [2.45, 2.75) is 18.9 Å². The Bertz CT molecular complexity index is 664. The van der Waals surface area contributed by atoms with Crippen LogP contribution in [0.5, 0.6) is 0 Å². The molecule has 4 heteroatoms. The maximum Gasteiger partial charge on any atom is 0.255 e. The molecule has 1 aliphatic heterocycles. The van der Waals surface area contributed by atoms with Crippen molar-refractivity contribution < 1.29 is 9.90 Å². The van der Waals surface area contributed by atoms with Gasteiger partial charge in [-0.2, -0.15) is 0 Å². The standard InChI is InChI=1S/C18H18ClNO2/c19-17-7-6-14(13-4-2-1-3-5-13)12-16(17)18(22)20-10-8-15(21)9-11-20/h1-7,12,15,21H,8-11H2. The van der Waals surface area contributed by atoms with E-state index in [0.717, 1.165) is 11.1 Å². The fraction of sp³-hybridized carbons (Fsp3) is 0.278. The average Bonchev–Trinajstić information content (AvgIpc) is 2.56. The Morgan fingerprint density at radius 1 is 1.05 bits per heavy atom. The molecule has 3 rings (SSSR count). The van der Waals surface area contributed by atoms with E-state index in [1.54, 1.807) is 11.0 Å². The Morgan fingerprint density at radius 3 is 2.41 bits per heavy atom. The van der Waals surface area contributed by atoms with E-state index < -0.39 is 0 Å². The van der Waals surface area contributed by atoms with E-state index in [4.69, 9.17) is 11.6 Å². The molecule has 114 valence electrons. The molecule has 0 spiro atoms. The van der Waals surface area contributed by atoms with Gasteiger partial charge in [-0.25, -0.2) is 0 Å². The van der Waals surface area contributed by atoms with Crippen molar-refractivity contribution in [3.05, 3.63) is 59.1 Å². The Hall–Kier alpha value is -1.84. The summed E-state index contributed by atoms with van der Waals surface area (Å²) in [4.78, 5) is 14.4. The van der Waals surface area contributed by atoms with Gasteiger partial charge in [0.1, 0.15) is 0 Å². The van der Waals surface area contributed by atoms with Crippen molar-refractivity contribution in [3.8, 4) is 11.1 Å². The van der Waals surface area contributed by atoms with Gasteiger partial charge in [0, 0.05) is 13.1 Å². The zero-order valence-electron chi connectivity index (χ0n) is 12.2. The maximum absolute atomic E-state index is 12.7. The molecule has 3 nitrogen and oxygen atoms in total. The first-order valence-electron chi connectivity index (χ1n) is 7.47. The van der Waals surface area contributed by atoms with Gasteiger partial charge in [0.25, 0.3) is 5.91 Å². The van der Waals surface area contributed by atoms with Crippen LogP contribution in [0.4, 0.5) is 0 Å². The lowest BCUT2D eigenvalue weighted by molar-refractivity contribution is 0.0547. The van der Waals surface area contributed by atoms with E-state index in [0.29, 0.717) is 36.5 Å². The lowest BCUT2D eigenvalue weighted by Gasteiger charge is -2.30. The summed E-state index contributed by atoms with van der Waals surface area (Å²) in [6.45, 7) is 1.15. The molecule has 2 aromatic rings. The minimum absolute atomic E-state index is 0.0605. The van der Waals surface area contributed by atoms with Crippen LogP contribution in [0.25, 0.3) is 11.1 Å². The third-order valence-electron chi connectivity index (χ3n) is 4.06. The van der Waals surface area contributed by atoms with Crippen molar-refractivity contribution in [3.63, 3.8) is 0 Å². The van der Waals surface area contributed by atoms with Crippen LogP contribution in [0.15, 0.2) is 48.5 Å². The van der Waals surface area contributed by atoms with Gasteiger partial charge in [0.15, 0.2) is 0 Å². The fourth-order valence-corrected chi connectivity index (χ4v) is 2.94. The molecule has 0 bridgehead atoms. The molecule has 0 aliphatic carbocycles. The Labute approximate surface area is 135 Å². The summed E-state index contributed by atoms with van der Waals surface area (Å²) in [5.74, 6) is -0.0605. The summed E-state index contributed by atoms with van der Waals surface area (Å²) in [6, 6.07) is 15.5. The molecule has 2 aromatic carbocycles. The molecule has 0 saturated carbocycles. The lowest BCUT2D eigenvalue weighted by Crippen LogP contribution is -2.40. The van der Waals surface area contributed by atoms with Crippen LogP contribution in [-0.2, 0) is 0 Å². The topological polar surface area (TPSA) is 40.5 Å². The average molecular weight is 316 g/mol. The molecular weight excluding hydrogens is 298 g/mol. The number of carbonyl (C=O) groups excluding carboxylic acids is 1. The highest BCUT2D eigenvalue weighted by Gasteiger charge is 2.24. The molecule has 1 N–H and O–H groups in total. The summed E-state index contributed by atoms with van der Waals surface area (Å²) in [5.41, 5.74) is 2.56. The van der Waals surface area contributed by atoms with Crippen molar-refractivity contribution >= 4 is 17.5 Å². The van der Waals surface area contributed by atoms with Crippen molar-refractivity contribution in [1.82, 2.24) is 4.90 Å². The molecule has 0 radical (unpaired) electrons. The third-order valence-corrected chi connectivity index (χ3v) is 4.39. The number of hydrogen-bond acceptors (Lipinski definition) is 2. The number of aliphatic hydroxyl groups is 1. The first kappa shape index (κ1) is 15.1. The van der Waals surface area contributed by atoms with Crippen LogP contribution < -0.4 is 0 Å². The molecule has 22 heavy (non-hydrogen) atoms. The van der Waals surface area contributed by atoms with Gasteiger partial charge in [-0.15, -0.1) is 0 Å². The van der Waals surface area contributed by atoms with Gasteiger partial charge < -0.3 is 10.0 Å². The minimum atomic E-state index is -0.296. The monoisotopic (exact) mass is 315 g/mol. The lowest BCUT2D eigenvalue weighted by atomic mass is 10.0. The Morgan fingerprint density at radius 2 is 1.73 bits per heavy atom. The summed E-state index contributed by atoms with van der Waals surface area (Å²) in [7, 11) is 0. The van der Waals surface area contributed by atoms with E-state index in [1.807, 2.05) is 42.5 Å². The number of aliphatic hydroxyl groups excluding tert-OH is 1. The molecular formula is C18H18ClNO2. The van der Waals surface area contributed by atoms with E-state index in [-0.39, 0.29) is 12.0 Å². The zero-order valence-corrected chi connectivity index (χ0v) is 13.0. The fourth-order valence-electron chi connectivity index (χ4n) is 2.74. The predicted molar refractivity (Wildman–Crippen MR) is 88.0 cm³/mol. The molecule has 1 saturated heterocycles. The second-order valence-electron chi connectivity index (χ2n) is 5.58. The first-order valence-corrected chi connectivity index (χ1v) is 7.85. The second kappa shape index (κ2) is 6.51. The molecule has 0 unspecified atom stereocenters. The second-order valence-corrected chi connectivity index (χ2v) is 5.99. The van der Waals surface area contributed by atoms with Crippen molar-refractivity contribution in [2.24, 2.45) is 0 Å². The first-order chi connectivity index (χ1) is 10.6. The van der Waals surface area contributed by atoms with E-state index in [2.05, 4.69) is 0 Å². The van der Waals surface area contributed by atoms with Gasteiger partial charge in [-0.3, -0.25) is 4.79 Å². The Balaban J connectivity index is 1.88. The summed E-state index contributed by atoms with van der Waals surface area (Å²) in [5, 5.41) is 10.0. The largest absolute Gasteiger partial charge is 0.393 e. The number of amides is 1. The normalized spacial score (nSPS) is 15.8. The van der Waals surface area contributed by atoms with E-state index in [1.165, 1.54) is 0 Å². The summed E-state index contributed by atoms with van der Waals surface area (Å²) < 4.78 is 0. The molecule has 0 aromatic heterocycles. The van der Waals surface area contributed by atoms with Gasteiger partial charge in [0.2, 0.25) is 0 Å². The van der Waals surface area contributed by atoms with Crippen LogP contribution in [0.3, 0.4) is 0 Å². The predicted octanol–water partition coefficient (Wildman–Crippen LogP) is 3.60. The number of piperidine rings is 1. The molecule has 1 amide bonds. The number of hydrogen-bond donors (Lipinski definition) is 1. The van der Waals surface area contributed by atoms with E-state index >= 15 is 0 Å². The smallest absolute Gasteiger partial charge is 0.255 e. The number of likely N-dealkylation sites (tertiary alicyclic amines) is 1. The van der Waals surface area contributed by atoms with Gasteiger partial charge in [-0.1, -0.05) is 48.0 Å². The van der Waals surface area contributed by atoms with Crippen LogP contribution in [0.2, 0.25) is 5.02 Å². The van der Waals surface area contributed by atoms with Crippen LogP contribution in [-0.4, -0.2) is 35.1 Å². The number of benzene rings is 2. The quantitative estimate of drug-likeness (QED) is 0.919. The number of nitrogens with zero attached hydrogens (tertiary/aromatic N) is 1. The van der Waals surface area contributed by atoms with Crippen molar-refractivity contribution in [2.75, 3.05) is 13.1 Å². The van der Waals surface area contributed by atoms with Crippen molar-refractivity contribution in [1.29, 1.82) is 0 Å². The molecule has 1 aliphatic rings. The Kier molecular flexibility index (Phi) is 4.46. The highest BCUT2D eigenvalue weighted by Crippen LogP contribution is 2.27. The van der Waals surface area contributed by atoms with Crippen LogP contribution >= 0.6 is 11.6 Å². The van der Waals surface area contributed by atoms with Gasteiger partial charge in [-0.05, 0) is 36.1 Å². The third kappa shape index (κ3) is 3.16. The summed E-state index contributed by atoms with van der Waals surface area (Å²) >= 11 is 6.23. The van der Waals surface area contributed by atoms with Crippen LogP contribution in [0, 0.1) is 0 Å². The number of carbonyl (C=O) groups is 1. The molecule has 1 fully saturated rings. The highest BCUT2D eigenvalue weighted by atomic mass is 35.5. The number of halogens is 1. The van der Waals surface area contributed by atoms with Gasteiger partial charge >= 0.3 is 0 Å². The highest BCUT2D eigenvalue weighted by molar-refractivity contribution is 6.34. The zero-order chi connectivity index (χ0) is 15.5. The SMILES string of the molecule is O=C(c1cc(-c2ccccc2)ccc1Cl)N1CCC(O)CC1. The summed E-state index contributed by atoms with van der Waals surface area (Å²) in [6.07, 6.45) is 0.957. The number of rotatable bonds is 2. The maximum atomic E-state index is 12.7. The van der Waals surface area contributed by atoms with Crippen LogP contribution in [0.1, 0.15) is 23.2 Å². The molecule has 0 atom stereocenters. The minimum Gasteiger partial charge on any atom is -0.393 e. The van der Waals surface area contributed by atoms with Gasteiger partial charge in [0.05, 0.1) is 16.7 Å². The molecule has 1 heterocycles. The van der Waals surface area contributed by atoms with E-state index in [9.17, 15) is 9.90 Å².